The normalized spacial score (nSPS) is 28.6. The van der Waals surface area contributed by atoms with Crippen molar-refractivity contribution in [2.24, 2.45) is 0 Å². The maximum Gasteiger partial charge on any atom is 0.137 e. The number of halogens is 1. The highest BCUT2D eigenvalue weighted by Gasteiger charge is 2.62. The first kappa shape index (κ1) is 16.8. The van der Waals surface area contributed by atoms with Crippen LogP contribution in [0.5, 0.6) is 0 Å². The van der Waals surface area contributed by atoms with Crippen LogP contribution in [-0.2, 0) is 5.41 Å². The van der Waals surface area contributed by atoms with Gasteiger partial charge in [-0.2, -0.15) is 0 Å². The van der Waals surface area contributed by atoms with Crippen molar-refractivity contribution in [3.8, 4) is 11.1 Å². The third-order valence-corrected chi connectivity index (χ3v) is 7.06. The van der Waals surface area contributed by atoms with Gasteiger partial charge in [0, 0.05) is 34.4 Å². The number of aromatic nitrogens is 2. The van der Waals surface area contributed by atoms with E-state index in [9.17, 15) is 5.11 Å². The van der Waals surface area contributed by atoms with Gasteiger partial charge in [-0.05, 0) is 68.5 Å². The maximum atomic E-state index is 15.2. The van der Waals surface area contributed by atoms with Gasteiger partial charge in [0.15, 0.2) is 0 Å². The van der Waals surface area contributed by atoms with Crippen molar-refractivity contribution in [1.82, 2.24) is 9.97 Å². The summed E-state index contributed by atoms with van der Waals surface area (Å²) >= 11 is 0. The Morgan fingerprint density at radius 2 is 1.93 bits per heavy atom. The molecule has 2 atom stereocenters. The van der Waals surface area contributed by atoms with Crippen molar-refractivity contribution in [2.75, 3.05) is 5.32 Å². The molecule has 3 heterocycles. The number of anilines is 1. The summed E-state index contributed by atoms with van der Waals surface area (Å²) in [5.41, 5.74) is 2.09. The zero-order valence-electron chi connectivity index (χ0n) is 15.9. The summed E-state index contributed by atoms with van der Waals surface area (Å²) in [7, 11) is 0. The van der Waals surface area contributed by atoms with E-state index in [4.69, 9.17) is 0 Å². The average molecular weight is 365 g/mol. The lowest BCUT2D eigenvalue weighted by Crippen LogP contribution is -2.65. The van der Waals surface area contributed by atoms with Gasteiger partial charge >= 0.3 is 0 Å². The molecule has 5 rings (SSSR count). The zero-order valence-corrected chi connectivity index (χ0v) is 15.9. The summed E-state index contributed by atoms with van der Waals surface area (Å²) in [6, 6.07) is 7.30. The fourth-order valence-corrected chi connectivity index (χ4v) is 5.52. The van der Waals surface area contributed by atoms with Crippen LogP contribution in [0.4, 0.5) is 10.1 Å². The van der Waals surface area contributed by atoms with Crippen molar-refractivity contribution in [3.63, 3.8) is 0 Å². The van der Waals surface area contributed by atoms with Gasteiger partial charge in [-0.25, -0.2) is 9.37 Å². The molecule has 0 radical (unpaired) electrons. The Hall–Kier alpha value is -2.40. The third-order valence-electron chi connectivity index (χ3n) is 7.06. The number of pyridine rings is 1. The molecule has 0 spiro atoms. The lowest BCUT2D eigenvalue weighted by molar-refractivity contribution is -0.0628. The van der Waals surface area contributed by atoms with Gasteiger partial charge in [0.05, 0.1) is 11.1 Å². The molecule has 4 nitrogen and oxygen atoms in total. The number of nitrogens with one attached hydrogen (secondary N) is 2. The quantitative estimate of drug-likeness (QED) is 0.583. The molecule has 1 saturated carbocycles. The number of benzene rings is 1. The number of H-pyrrole nitrogens is 1. The molecule has 0 saturated heterocycles. The van der Waals surface area contributed by atoms with E-state index in [-0.39, 0.29) is 5.82 Å². The first-order valence-electron chi connectivity index (χ1n) is 9.54. The molecular formula is C22H24FN3O. The summed E-state index contributed by atoms with van der Waals surface area (Å²) in [6.45, 7) is 6.15. The molecule has 1 fully saturated rings. The minimum Gasteiger partial charge on any atom is -0.387 e. The van der Waals surface area contributed by atoms with E-state index in [1.807, 2.05) is 38.2 Å². The lowest BCUT2D eigenvalue weighted by atomic mass is 9.60. The van der Waals surface area contributed by atoms with Gasteiger partial charge in [-0.1, -0.05) is 6.92 Å². The molecule has 3 N–H and O–H groups in total. The largest absolute Gasteiger partial charge is 0.387 e. The van der Waals surface area contributed by atoms with Crippen molar-refractivity contribution in [2.45, 2.75) is 56.6 Å². The molecule has 1 aliphatic carbocycles. The van der Waals surface area contributed by atoms with Gasteiger partial charge in [0.1, 0.15) is 11.5 Å². The first-order valence-corrected chi connectivity index (χ1v) is 9.54. The molecule has 5 heteroatoms. The summed E-state index contributed by atoms with van der Waals surface area (Å²) in [4.78, 5) is 7.40. The maximum absolute atomic E-state index is 15.2. The Bertz CT molecular complexity index is 1070. The SMILES string of the molecule is CC1(C)Nc2cc(F)c(-c3ccnc4[nH]ccc34)cc2C2(C)CCCC12O. The highest BCUT2D eigenvalue weighted by atomic mass is 19.1. The van der Waals surface area contributed by atoms with Gasteiger partial charge in [-0.3, -0.25) is 0 Å². The van der Waals surface area contributed by atoms with E-state index in [1.165, 1.54) is 0 Å². The minimum atomic E-state index is -0.871. The number of nitrogens with zero attached hydrogens (tertiary/aromatic N) is 1. The van der Waals surface area contributed by atoms with Crippen LogP contribution in [-0.4, -0.2) is 26.2 Å². The van der Waals surface area contributed by atoms with Crippen molar-refractivity contribution >= 4 is 16.7 Å². The molecular weight excluding hydrogens is 341 g/mol. The van der Waals surface area contributed by atoms with E-state index >= 15 is 4.39 Å². The van der Waals surface area contributed by atoms with Crippen LogP contribution in [0.15, 0.2) is 36.7 Å². The van der Waals surface area contributed by atoms with Crippen molar-refractivity contribution in [3.05, 3.63) is 48.0 Å². The number of hydrogen-bond acceptors (Lipinski definition) is 3. The fraction of sp³-hybridized carbons (Fsp3) is 0.409. The molecule has 3 aromatic rings. The standard InChI is InChI=1S/C22H24FN3O/c1-20(2)22(27)8-4-7-21(22,3)16-11-15(17(23)12-18(16)26-20)13-5-9-24-19-14(13)6-10-25-19/h5-6,9-12,26-27H,4,7-8H2,1-3H3,(H,24,25). The van der Waals surface area contributed by atoms with Gasteiger partial charge < -0.3 is 15.4 Å². The topological polar surface area (TPSA) is 60.9 Å². The van der Waals surface area contributed by atoms with Crippen molar-refractivity contribution in [1.29, 1.82) is 0 Å². The van der Waals surface area contributed by atoms with E-state index < -0.39 is 16.6 Å². The van der Waals surface area contributed by atoms with Crippen LogP contribution in [0, 0.1) is 5.82 Å². The average Bonchev–Trinajstić information content (AvgIpc) is 3.20. The number of aromatic amines is 1. The van der Waals surface area contributed by atoms with Crippen LogP contribution in [0.1, 0.15) is 45.6 Å². The second kappa shape index (κ2) is 5.10. The Morgan fingerprint density at radius 3 is 2.74 bits per heavy atom. The van der Waals surface area contributed by atoms with Gasteiger partial charge in [0.25, 0.3) is 0 Å². The Balaban J connectivity index is 1.78. The highest BCUT2D eigenvalue weighted by Crippen LogP contribution is 2.59. The smallest absolute Gasteiger partial charge is 0.137 e. The van der Waals surface area contributed by atoms with E-state index in [0.717, 1.165) is 47.1 Å². The van der Waals surface area contributed by atoms with Crippen LogP contribution in [0.2, 0.25) is 0 Å². The van der Waals surface area contributed by atoms with Gasteiger partial charge in [-0.15, -0.1) is 0 Å². The Labute approximate surface area is 157 Å². The predicted octanol–water partition coefficient (Wildman–Crippen LogP) is 4.75. The minimum absolute atomic E-state index is 0.266. The molecule has 0 bridgehead atoms. The van der Waals surface area contributed by atoms with E-state index in [0.29, 0.717) is 5.56 Å². The van der Waals surface area contributed by atoms with Crippen LogP contribution >= 0.6 is 0 Å². The number of hydrogen-bond donors (Lipinski definition) is 3. The molecule has 0 amide bonds. The van der Waals surface area contributed by atoms with Crippen LogP contribution in [0.25, 0.3) is 22.2 Å². The Morgan fingerprint density at radius 1 is 1.11 bits per heavy atom. The van der Waals surface area contributed by atoms with E-state index in [2.05, 4.69) is 22.2 Å². The number of aliphatic hydroxyl groups is 1. The highest BCUT2D eigenvalue weighted by molar-refractivity contribution is 5.93. The summed E-state index contributed by atoms with van der Waals surface area (Å²) < 4.78 is 15.2. The lowest BCUT2D eigenvalue weighted by Gasteiger charge is -2.55. The van der Waals surface area contributed by atoms with E-state index in [1.54, 1.807) is 12.3 Å². The number of rotatable bonds is 1. The summed E-state index contributed by atoms with van der Waals surface area (Å²) in [5.74, 6) is -0.266. The summed E-state index contributed by atoms with van der Waals surface area (Å²) in [5, 5.41) is 16.0. The second-order valence-corrected chi connectivity index (χ2v) is 8.77. The Kier molecular flexibility index (Phi) is 3.17. The van der Waals surface area contributed by atoms with Gasteiger partial charge in [0.2, 0.25) is 0 Å². The van der Waals surface area contributed by atoms with Crippen LogP contribution in [0.3, 0.4) is 0 Å². The predicted molar refractivity (Wildman–Crippen MR) is 105 cm³/mol. The molecule has 27 heavy (non-hydrogen) atoms. The summed E-state index contributed by atoms with van der Waals surface area (Å²) in [6.07, 6.45) is 6.11. The fourth-order valence-electron chi connectivity index (χ4n) is 5.52. The molecule has 1 aliphatic heterocycles. The monoisotopic (exact) mass is 365 g/mol. The molecule has 2 unspecified atom stereocenters. The van der Waals surface area contributed by atoms with Crippen LogP contribution < -0.4 is 5.32 Å². The molecule has 2 aromatic heterocycles. The molecule has 140 valence electrons. The number of fused-ring (bicyclic) bond motifs is 4. The molecule has 1 aromatic carbocycles. The zero-order chi connectivity index (χ0) is 19.0. The second-order valence-electron chi connectivity index (χ2n) is 8.77. The molecule has 2 aliphatic rings. The third kappa shape index (κ3) is 1.98. The van der Waals surface area contributed by atoms with Crippen molar-refractivity contribution < 1.29 is 9.50 Å². The first-order chi connectivity index (χ1) is 12.8.